The molecule has 1 aliphatic rings. The summed E-state index contributed by atoms with van der Waals surface area (Å²) in [6, 6.07) is -0.00619. The molecule has 0 aromatic carbocycles. The average molecular weight is 318 g/mol. The molecule has 0 N–H and O–H groups in total. The van der Waals surface area contributed by atoms with Crippen molar-refractivity contribution in [2.45, 2.75) is 31.7 Å². The first-order valence-electron chi connectivity index (χ1n) is 5.99. The molecule has 8 heteroatoms. The summed E-state index contributed by atoms with van der Waals surface area (Å²) >= 11 is 5.65. The Morgan fingerprint density at radius 1 is 1.11 bits per heavy atom. The predicted molar refractivity (Wildman–Crippen MR) is 73.2 cm³/mol. The molecule has 1 rings (SSSR count). The van der Waals surface area contributed by atoms with Crippen LogP contribution in [-0.4, -0.2) is 57.4 Å². The summed E-state index contributed by atoms with van der Waals surface area (Å²) in [4.78, 5) is 0. The molecule has 1 saturated carbocycles. The van der Waals surface area contributed by atoms with E-state index in [0.717, 1.165) is 31.9 Å². The van der Waals surface area contributed by atoms with Gasteiger partial charge in [-0.3, -0.25) is 0 Å². The van der Waals surface area contributed by atoms with Gasteiger partial charge in [0.05, 0.1) is 11.5 Å². The Labute approximate surface area is 114 Å². The van der Waals surface area contributed by atoms with Gasteiger partial charge in [0.1, 0.15) is 9.84 Å². The van der Waals surface area contributed by atoms with E-state index in [9.17, 15) is 16.8 Å². The van der Waals surface area contributed by atoms with E-state index < -0.39 is 19.9 Å². The lowest BCUT2D eigenvalue weighted by molar-refractivity contribution is 0.337. The minimum absolute atomic E-state index is 0.00619. The minimum Gasteiger partial charge on any atom is -0.229 e. The topological polar surface area (TPSA) is 71.5 Å². The monoisotopic (exact) mass is 317 g/mol. The van der Waals surface area contributed by atoms with Crippen LogP contribution < -0.4 is 0 Å². The van der Waals surface area contributed by atoms with Gasteiger partial charge in [-0.25, -0.2) is 16.8 Å². The van der Waals surface area contributed by atoms with E-state index in [1.165, 1.54) is 4.31 Å². The third kappa shape index (κ3) is 5.03. The zero-order valence-electron chi connectivity index (χ0n) is 10.5. The maximum atomic E-state index is 12.2. The van der Waals surface area contributed by atoms with Crippen molar-refractivity contribution in [1.29, 1.82) is 0 Å². The first-order valence-corrected chi connectivity index (χ1v) is 10.2. The second-order valence-electron chi connectivity index (χ2n) is 4.68. The molecule has 0 spiro atoms. The summed E-state index contributed by atoms with van der Waals surface area (Å²) in [5.41, 5.74) is 0. The van der Waals surface area contributed by atoms with Crippen molar-refractivity contribution in [2.75, 3.05) is 30.2 Å². The zero-order chi connectivity index (χ0) is 13.8. The number of nitrogens with zero attached hydrogens (tertiary/aromatic N) is 1. The molecule has 108 valence electrons. The summed E-state index contributed by atoms with van der Waals surface area (Å²) in [5.74, 6) is -0.450. The summed E-state index contributed by atoms with van der Waals surface area (Å²) < 4.78 is 47.9. The van der Waals surface area contributed by atoms with E-state index in [1.807, 2.05) is 0 Å². The molecule has 5 nitrogen and oxygen atoms in total. The summed E-state index contributed by atoms with van der Waals surface area (Å²) in [5, 5.41) is 0. The van der Waals surface area contributed by atoms with Crippen molar-refractivity contribution in [3.05, 3.63) is 0 Å². The second-order valence-corrected chi connectivity index (χ2v) is 9.36. The Kier molecular flexibility index (Phi) is 5.89. The standard InChI is InChI=1S/C10H20ClNO4S2/c1-17(13,14)8-9-18(15,16)12(7-6-11)10-4-2-3-5-10/h10H,2-9H2,1H3. The highest BCUT2D eigenvalue weighted by Crippen LogP contribution is 2.25. The number of halogens is 1. The molecule has 1 aliphatic carbocycles. The molecule has 1 fully saturated rings. The number of sulfone groups is 1. The van der Waals surface area contributed by atoms with Crippen LogP contribution in [0.15, 0.2) is 0 Å². The average Bonchev–Trinajstić information content (AvgIpc) is 2.75. The summed E-state index contributed by atoms with van der Waals surface area (Å²) in [6.45, 7) is 0.262. The molecule has 0 saturated heterocycles. The Hall–Kier alpha value is 0.150. The summed E-state index contributed by atoms with van der Waals surface area (Å²) in [6.07, 6.45) is 4.77. The van der Waals surface area contributed by atoms with Crippen molar-refractivity contribution in [1.82, 2.24) is 4.31 Å². The molecule has 0 unspecified atom stereocenters. The van der Waals surface area contributed by atoms with Gasteiger partial charge in [-0.2, -0.15) is 4.31 Å². The quantitative estimate of drug-likeness (QED) is 0.652. The van der Waals surface area contributed by atoms with E-state index in [2.05, 4.69) is 0 Å². The van der Waals surface area contributed by atoms with E-state index in [0.29, 0.717) is 0 Å². The Morgan fingerprint density at radius 3 is 2.11 bits per heavy atom. The fraction of sp³-hybridized carbons (Fsp3) is 1.00. The van der Waals surface area contributed by atoms with E-state index >= 15 is 0 Å². The molecule has 0 atom stereocenters. The number of alkyl halides is 1. The first-order chi connectivity index (χ1) is 8.26. The van der Waals surface area contributed by atoms with Gasteiger partial charge in [0.2, 0.25) is 10.0 Å². The third-order valence-electron chi connectivity index (χ3n) is 3.11. The lowest BCUT2D eigenvalue weighted by atomic mass is 10.2. The van der Waals surface area contributed by atoms with Gasteiger partial charge in [-0.15, -0.1) is 11.6 Å². The van der Waals surface area contributed by atoms with Gasteiger partial charge in [0.15, 0.2) is 0 Å². The van der Waals surface area contributed by atoms with Gasteiger partial charge >= 0.3 is 0 Å². The smallest absolute Gasteiger partial charge is 0.215 e. The first kappa shape index (κ1) is 16.2. The Bertz CT molecular complexity index is 454. The fourth-order valence-electron chi connectivity index (χ4n) is 2.20. The van der Waals surface area contributed by atoms with Crippen LogP contribution in [0.3, 0.4) is 0 Å². The van der Waals surface area contributed by atoms with Crippen molar-refractivity contribution >= 4 is 31.5 Å². The SMILES string of the molecule is CS(=O)(=O)CCS(=O)(=O)N(CCCl)C1CCCC1. The molecule has 0 bridgehead atoms. The maximum Gasteiger partial charge on any atom is 0.215 e. The molecule has 0 heterocycles. The molecule has 0 radical (unpaired) electrons. The van der Waals surface area contributed by atoms with Crippen LogP contribution in [-0.2, 0) is 19.9 Å². The van der Waals surface area contributed by atoms with Crippen molar-refractivity contribution in [3.63, 3.8) is 0 Å². The van der Waals surface area contributed by atoms with Crippen molar-refractivity contribution in [3.8, 4) is 0 Å². The molecular weight excluding hydrogens is 298 g/mol. The molecule has 0 aliphatic heterocycles. The number of sulfonamides is 1. The molecule has 0 aromatic rings. The zero-order valence-corrected chi connectivity index (χ0v) is 12.9. The van der Waals surface area contributed by atoms with Crippen molar-refractivity contribution < 1.29 is 16.8 Å². The Balaban J connectivity index is 2.76. The number of rotatable bonds is 7. The largest absolute Gasteiger partial charge is 0.229 e. The fourth-order valence-corrected chi connectivity index (χ4v) is 5.80. The molecule has 0 aromatic heterocycles. The number of hydrogen-bond donors (Lipinski definition) is 0. The van der Waals surface area contributed by atoms with Crippen LogP contribution in [0.25, 0.3) is 0 Å². The van der Waals surface area contributed by atoms with Crippen LogP contribution in [0.1, 0.15) is 25.7 Å². The molecular formula is C10H20ClNO4S2. The molecule has 0 amide bonds. The van der Waals surface area contributed by atoms with E-state index in [1.54, 1.807) is 0 Å². The van der Waals surface area contributed by atoms with E-state index in [4.69, 9.17) is 11.6 Å². The van der Waals surface area contributed by atoms with Crippen LogP contribution >= 0.6 is 11.6 Å². The van der Waals surface area contributed by atoms with Crippen LogP contribution in [0.5, 0.6) is 0 Å². The number of hydrogen-bond acceptors (Lipinski definition) is 4. The highest BCUT2D eigenvalue weighted by atomic mass is 35.5. The predicted octanol–water partition coefficient (Wildman–Crippen LogP) is 0.844. The van der Waals surface area contributed by atoms with Gasteiger partial charge in [-0.1, -0.05) is 12.8 Å². The lowest BCUT2D eigenvalue weighted by Crippen LogP contribution is -2.42. The molecule has 18 heavy (non-hydrogen) atoms. The summed E-state index contributed by atoms with van der Waals surface area (Å²) in [7, 11) is -6.80. The lowest BCUT2D eigenvalue weighted by Gasteiger charge is -2.27. The van der Waals surface area contributed by atoms with Gasteiger partial charge in [0.25, 0.3) is 0 Å². The van der Waals surface area contributed by atoms with E-state index in [-0.39, 0.29) is 30.0 Å². The van der Waals surface area contributed by atoms with Crippen molar-refractivity contribution in [2.24, 2.45) is 0 Å². The Morgan fingerprint density at radius 2 is 1.67 bits per heavy atom. The normalized spacial score (nSPS) is 18.6. The van der Waals surface area contributed by atoms with Gasteiger partial charge in [-0.05, 0) is 12.8 Å². The second kappa shape index (κ2) is 6.54. The van der Waals surface area contributed by atoms with Crippen LogP contribution in [0, 0.1) is 0 Å². The van der Waals surface area contributed by atoms with Crippen LogP contribution in [0.2, 0.25) is 0 Å². The maximum absolute atomic E-state index is 12.2. The van der Waals surface area contributed by atoms with Crippen LogP contribution in [0.4, 0.5) is 0 Å². The third-order valence-corrected chi connectivity index (χ3v) is 6.39. The highest BCUT2D eigenvalue weighted by Gasteiger charge is 2.31. The minimum atomic E-state index is -3.53. The highest BCUT2D eigenvalue weighted by molar-refractivity contribution is 7.93. The van der Waals surface area contributed by atoms with Gasteiger partial charge < -0.3 is 0 Å². The van der Waals surface area contributed by atoms with Gasteiger partial charge in [0, 0.05) is 24.7 Å².